The van der Waals surface area contributed by atoms with E-state index in [4.69, 9.17) is 0 Å². The normalized spacial score (nSPS) is 14.5. The van der Waals surface area contributed by atoms with Gasteiger partial charge in [0.25, 0.3) is 0 Å². The Morgan fingerprint density at radius 2 is 1.45 bits per heavy atom. The molecule has 1 aliphatic carbocycles. The van der Waals surface area contributed by atoms with Gasteiger partial charge in [0.15, 0.2) is 0 Å². The SMILES string of the molecule is C/C(=C\C(=C/C(C)c1ccccc1)c1ccc(-n2c3c(c4ccccc42)C=CCC3)cc1)c1ccccc1. The van der Waals surface area contributed by atoms with Crippen LogP contribution in [0.4, 0.5) is 0 Å². The van der Waals surface area contributed by atoms with Crippen LogP contribution in [0.5, 0.6) is 0 Å². The molecule has 38 heavy (non-hydrogen) atoms. The highest BCUT2D eigenvalue weighted by Crippen LogP contribution is 2.34. The van der Waals surface area contributed by atoms with E-state index < -0.39 is 0 Å². The fourth-order valence-electron chi connectivity index (χ4n) is 5.64. The zero-order valence-electron chi connectivity index (χ0n) is 22.1. The number of hydrogen-bond donors (Lipinski definition) is 0. The molecule has 0 spiro atoms. The Morgan fingerprint density at radius 3 is 2.21 bits per heavy atom. The summed E-state index contributed by atoms with van der Waals surface area (Å²) in [5.74, 6) is 0.304. The second-order valence-corrected chi connectivity index (χ2v) is 10.2. The predicted octanol–water partition coefficient (Wildman–Crippen LogP) is 9.88. The summed E-state index contributed by atoms with van der Waals surface area (Å²) in [6, 6.07) is 39.3. The third-order valence-electron chi connectivity index (χ3n) is 7.66. The van der Waals surface area contributed by atoms with Crippen LogP contribution in [0.15, 0.2) is 127 Å². The first-order valence-electron chi connectivity index (χ1n) is 13.6. The lowest BCUT2D eigenvalue weighted by Gasteiger charge is -2.15. The van der Waals surface area contributed by atoms with E-state index in [-0.39, 0.29) is 0 Å². The van der Waals surface area contributed by atoms with E-state index in [1.165, 1.54) is 55.7 Å². The molecule has 0 fully saturated rings. The number of hydrogen-bond acceptors (Lipinski definition) is 0. The number of rotatable bonds is 6. The number of aromatic nitrogens is 1. The summed E-state index contributed by atoms with van der Waals surface area (Å²) in [5.41, 5.74) is 11.6. The number of benzene rings is 4. The molecule has 0 saturated heterocycles. The summed E-state index contributed by atoms with van der Waals surface area (Å²) in [7, 11) is 0. The van der Waals surface area contributed by atoms with Gasteiger partial charge in [-0.1, -0.05) is 122 Å². The van der Waals surface area contributed by atoms with Crippen molar-refractivity contribution in [3.05, 3.63) is 155 Å². The van der Waals surface area contributed by atoms with Gasteiger partial charge < -0.3 is 4.57 Å². The Balaban J connectivity index is 1.43. The lowest BCUT2D eigenvalue weighted by atomic mass is 9.93. The quantitative estimate of drug-likeness (QED) is 0.208. The van der Waals surface area contributed by atoms with Crippen LogP contribution < -0.4 is 0 Å². The summed E-state index contributed by atoms with van der Waals surface area (Å²) >= 11 is 0. The fourth-order valence-corrected chi connectivity index (χ4v) is 5.64. The summed E-state index contributed by atoms with van der Waals surface area (Å²) < 4.78 is 2.46. The molecule has 0 saturated carbocycles. The monoisotopic (exact) mass is 491 g/mol. The molecule has 1 nitrogen and oxygen atoms in total. The van der Waals surface area contributed by atoms with E-state index in [2.05, 4.69) is 152 Å². The number of allylic oxidation sites excluding steroid dienone is 5. The molecule has 0 N–H and O–H groups in total. The van der Waals surface area contributed by atoms with E-state index in [9.17, 15) is 0 Å². The van der Waals surface area contributed by atoms with Crippen molar-refractivity contribution in [2.45, 2.75) is 32.6 Å². The third-order valence-corrected chi connectivity index (χ3v) is 7.66. The van der Waals surface area contributed by atoms with E-state index in [0.717, 1.165) is 12.8 Å². The highest BCUT2D eigenvalue weighted by molar-refractivity contribution is 5.93. The van der Waals surface area contributed by atoms with E-state index in [1.807, 2.05) is 0 Å². The van der Waals surface area contributed by atoms with Crippen molar-refractivity contribution in [3.8, 4) is 5.69 Å². The van der Waals surface area contributed by atoms with Crippen molar-refractivity contribution < 1.29 is 0 Å². The van der Waals surface area contributed by atoms with Crippen LogP contribution in [-0.4, -0.2) is 4.57 Å². The molecule has 1 unspecified atom stereocenters. The molecular weight excluding hydrogens is 458 g/mol. The summed E-state index contributed by atoms with van der Waals surface area (Å²) in [6.45, 7) is 4.48. The molecule has 0 bridgehead atoms. The van der Waals surface area contributed by atoms with Gasteiger partial charge in [-0.3, -0.25) is 0 Å². The highest BCUT2D eigenvalue weighted by Gasteiger charge is 2.18. The van der Waals surface area contributed by atoms with Crippen LogP contribution in [0.25, 0.3) is 33.8 Å². The molecule has 1 atom stereocenters. The van der Waals surface area contributed by atoms with Gasteiger partial charge in [-0.15, -0.1) is 0 Å². The van der Waals surface area contributed by atoms with Gasteiger partial charge in [0.1, 0.15) is 0 Å². The van der Waals surface area contributed by atoms with Crippen molar-refractivity contribution in [1.29, 1.82) is 0 Å². The Hall–Kier alpha value is -4.36. The van der Waals surface area contributed by atoms with Crippen LogP contribution in [0.1, 0.15) is 54.1 Å². The first-order valence-corrected chi connectivity index (χ1v) is 13.6. The fraction of sp³-hybridized carbons (Fsp3) is 0.135. The zero-order chi connectivity index (χ0) is 25.9. The van der Waals surface area contributed by atoms with E-state index in [0.29, 0.717) is 5.92 Å². The van der Waals surface area contributed by atoms with Crippen LogP contribution in [-0.2, 0) is 6.42 Å². The Morgan fingerprint density at radius 1 is 0.763 bits per heavy atom. The number of fused-ring (bicyclic) bond motifs is 3. The largest absolute Gasteiger partial charge is 0.313 e. The summed E-state index contributed by atoms with van der Waals surface area (Å²) in [4.78, 5) is 0. The predicted molar refractivity (Wildman–Crippen MR) is 164 cm³/mol. The van der Waals surface area contributed by atoms with Gasteiger partial charge in [0.2, 0.25) is 0 Å². The highest BCUT2D eigenvalue weighted by atomic mass is 15.0. The molecule has 0 aliphatic heterocycles. The topological polar surface area (TPSA) is 4.93 Å². The van der Waals surface area contributed by atoms with Crippen molar-refractivity contribution in [3.63, 3.8) is 0 Å². The minimum absolute atomic E-state index is 0.304. The second-order valence-electron chi connectivity index (χ2n) is 10.2. The zero-order valence-corrected chi connectivity index (χ0v) is 22.1. The molecule has 1 aliphatic rings. The summed E-state index contributed by atoms with van der Waals surface area (Å²) in [5, 5.41) is 1.33. The molecule has 1 heterocycles. The molecule has 6 rings (SSSR count). The van der Waals surface area contributed by atoms with Crippen LogP contribution in [0, 0.1) is 0 Å². The summed E-state index contributed by atoms with van der Waals surface area (Å²) in [6.07, 6.45) is 11.5. The van der Waals surface area contributed by atoms with Crippen molar-refractivity contribution >= 4 is 28.1 Å². The van der Waals surface area contributed by atoms with Gasteiger partial charge in [0.05, 0.1) is 5.52 Å². The van der Waals surface area contributed by atoms with Gasteiger partial charge in [-0.2, -0.15) is 0 Å². The first-order chi connectivity index (χ1) is 18.7. The molecule has 0 radical (unpaired) electrons. The molecule has 1 heteroatoms. The second kappa shape index (κ2) is 10.6. The number of nitrogens with zero attached hydrogens (tertiary/aromatic N) is 1. The molecule has 1 aromatic heterocycles. The third kappa shape index (κ3) is 4.68. The number of para-hydroxylation sites is 1. The molecule has 0 amide bonds. The smallest absolute Gasteiger partial charge is 0.0537 e. The minimum Gasteiger partial charge on any atom is -0.313 e. The van der Waals surface area contributed by atoms with Crippen molar-refractivity contribution in [1.82, 2.24) is 4.57 Å². The van der Waals surface area contributed by atoms with Crippen LogP contribution in [0.2, 0.25) is 0 Å². The maximum atomic E-state index is 2.46. The van der Waals surface area contributed by atoms with Crippen molar-refractivity contribution in [2.75, 3.05) is 0 Å². The molecule has 5 aromatic rings. The van der Waals surface area contributed by atoms with Gasteiger partial charge in [-0.05, 0) is 71.7 Å². The maximum Gasteiger partial charge on any atom is 0.0537 e. The Labute approximate surface area is 226 Å². The first kappa shape index (κ1) is 24.0. The molecule has 4 aromatic carbocycles. The van der Waals surface area contributed by atoms with Crippen LogP contribution in [0.3, 0.4) is 0 Å². The van der Waals surface area contributed by atoms with E-state index in [1.54, 1.807) is 0 Å². The average molecular weight is 492 g/mol. The van der Waals surface area contributed by atoms with Crippen LogP contribution >= 0.6 is 0 Å². The van der Waals surface area contributed by atoms with E-state index >= 15 is 0 Å². The average Bonchev–Trinajstić information content (AvgIpc) is 3.32. The standard InChI is InChI=1S/C37H33N/c1-27(29-13-5-3-6-14-29)25-32(26-28(2)30-15-7-4-8-16-30)31-21-23-33(24-22-31)38-36-19-11-9-17-34(36)35-18-10-12-20-37(35)38/h3-11,13-19,21-27H,12,20H2,1-2H3/b28-26+,32-25+. The van der Waals surface area contributed by atoms with Gasteiger partial charge in [0, 0.05) is 22.3 Å². The minimum atomic E-state index is 0.304. The molecule has 186 valence electrons. The maximum absolute atomic E-state index is 2.46. The van der Waals surface area contributed by atoms with Gasteiger partial charge >= 0.3 is 0 Å². The molecular formula is C37H33N. The van der Waals surface area contributed by atoms with Crippen molar-refractivity contribution in [2.24, 2.45) is 0 Å². The lowest BCUT2D eigenvalue weighted by molar-refractivity contribution is 0.888. The van der Waals surface area contributed by atoms with Gasteiger partial charge in [-0.25, -0.2) is 0 Å². The Kier molecular flexibility index (Phi) is 6.67. The Bertz CT molecular complexity index is 1650. The lowest BCUT2D eigenvalue weighted by Crippen LogP contribution is -2.03.